The summed E-state index contributed by atoms with van der Waals surface area (Å²) in [5, 5.41) is 6.46. The molecule has 0 aromatic heterocycles. The molecule has 1 heterocycles. The predicted molar refractivity (Wildman–Crippen MR) is 121 cm³/mol. The van der Waals surface area contributed by atoms with Crippen molar-refractivity contribution >= 4 is 29.9 Å². The van der Waals surface area contributed by atoms with Gasteiger partial charge < -0.3 is 20.3 Å². The summed E-state index contributed by atoms with van der Waals surface area (Å²) in [6.07, 6.45) is -3.53. The number of likely N-dealkylation sites (N-methyl/N-ethyl adjacent to an activating group) is 1. The lowest BCUT2D eigenvalue weighted by Crippen LogP contribution is -2.43. The molecule has 1 aliphatic heterocycles. The van der Waals surface area contributed by atoms with Gasteiger partial charge in [0.05, 0.1) is 24.8 Å². The highest BCUT2D eigenvalue weighted by molar-refractivity contribution is 14.0. The second kappa shape index (κ2) is 12.6. The van der Waals surface area contributed by atoms with Crippen LogP contribution in [0.3, 0.4) is 0 Å². The van der Waals surface area contributed by atoms with Gasteiger partial charge in [-0.15, -0.1) is 24.0 Å². The zero-order chi connectivity index (χ0) is 20.6. The predicted octanol–water partition coefficient (Wildman–Crippen LogP) is 3.70. The van der Waals surface area contributed by atoms with Gasteiger partial charge >= 0.3 is 6.18 Å². The Balaban J connectivity index is 0.00000420. The average molecular weight is 528 g/mol. The Labute approximate surface area is 188 Å². The van der Waals surface area contributed by atoms with Gasteiger partial charge in [0.1, 0.15) is 0 Å². The smallest absolute Gasteiger partial charge is 0.374 e. The zero-order valence-corrected chi connectivity index (χ0v) is 19.6. The number of benzene rings is 1. The van der Waals surface area contributed by atoms with Gasteiger partial charge in [0.15, 0.2) is 5.96 Å². The number of halogens is 4. The van der Waals surface area contributed by atoms with Crippen molar-refractivity contribution in [2.75, 3.05) is 46.4 Å². The van der Waals surface area contributed by atoms with Crippen LogP contribution in [0.15, 0.2) is 29.3 Å². The highest BCUT2D eigenvalue weighted by Gasteiger charge is 2.30. The lowest BCUT2D eigenvalue weighted by molar-refractivity contribution is -0.137. The first-order valence-electron chi connectivity index (χ1n) is 9.79. The number of guanidine groups is 1. The summed E-state index contributed by atoms with van der Waals surface area (Å²) in [6.45, 7) is 8.37. The van der Waals surface area contributed by atoms with Crippen molar-refractivity contribution in [3.8, 4) is 0 Å². The number of nitrogens with one attached hydrogen (secondary N) is 2. The molecule has 1 saturated heterocycles. The molecular weight excluding hydrogens is 496 g/mol. The SMILES string of the molecule is CCNC(=NCC1CN(C)CCO1)NCCC(C)c1cccc(C(F)(F)F)c1.I. The van der Waals surface area contributed by atoms with E-state index in [0.717, 1.165) is 32.3 Å². The van der Waals surface area contributed by atoms with Crippen molar-refractivity contribution in [1.29, 1.82) is 0 Å². The average Bonchev–Trinajstić information content (AvgIpc) is 2.65. The molecule has 2 unspecified atom stereocenters. The topological polar surface area (TPSA) is 48.9 Å². The molecule has 9 heteroatoms. The fourth-order valence-corrected chi connectivity index (χ4v) is 3.11. The van der Waals surface area contributed by atoms with Crippen LogP contribution in [0.25, 0.3) is 0 Å². The molecule has 2 N–H and O–H groups in total. The molecule has 1 aromatic rings. The van der Waals surface area contributed by atoms with E-state index in [-0.39, 0.29) is 36.0 Å². The van der Waals surface area contributed by atoms with Crippen LogP contribution in [0.2, 0.25) is 0 Å². The van der Waals surface area contributed by atoms with Crippen molar-refractivity contribution < 1.29 is 17.9 Å². The molecule has 166 valence electrons. The molecule has 0 amide bonds. The van der Waals surface area contributed by atoms with Crippen molar-refractivity contribution in [3.63, 3.8) is 0 Å². The molecule has 29 heavy (non-hydrogen) atoms. The molecule has 2 atom stereocenters. The van der Waals surface area contributed by atoms with Gasteiger partial charge in [-0.2, -0.15) is 13.2 Å². The molecule has 0 bridgehead atoms. The quantitative estimate of drug-likeness (QED) is 0.322. The number of nitrogens with zero attached hydrogens (tertiary/aromatic N) is 2. The van der Waals surface area contributed by atoms with Crippen LogP contribution in [0.5, 0.6) is 0 Å². The maximum absolute atomic E-state index is 12.9. The first-order valence-corrected chi connectivity index (χ1v) is 9.79. The van der Waals surface area contributed by atoms with E-state index >= 15 is 0 Å². The highest BCUT2D eigenvalue weighted by Crippen LogP contribution is 2.31. The molecule has 2 rings (SSSR count). The van der Waals surface area contributed by atoms with Crippen molar-refractivity contribution in [1.82, 2.24) is 15.5 Å². The summed E-state index contributed by atoms with van der Waals surface area (Å²) in [4.78, 5) is 6.80. The van der Waals surface area contributed by atoms with Crippen molar-refractivity contribution in [2.24, 2.45) is 4.99 Å². The van der Waals surface area contributed by atoms with E-state index in [1.807, 2.05) is 13.8 Å². The zero-order valence-electron chi connectivity index (χ0n) is 17.3. The van der Waals surface area contributed by atoms with E-state index in [1.165, 1.54) is 12.1 Å². The lowest BCUT2D eigenvalue weighted by atomic mass is 9.96. The molecule has 5 nitrogen and oxygen atoms in total. The maximum Gasteiger partial charge on any atom is 0.416 e. The monoisotopic (exact) mass is 528 g/mol. The first-order chi connectivity index (χ1) is 13.3. The van der Waals surface area contributed by atoms with Crippen LogP contribution < -0.4 is 10.6 Å². The third-order valence-corrected chi connectivity index (χ3v) is 4.79. The van der Waals surface area contributed by atoms with Gasteiger partial charge in [0.25, 0.3) is 0 Å². The van der Waals surface area contributed by atoms with Crippen LogP contribution in [-0.2, 0) is 10.9 Å². The number of alkyl halides is 3. The largest absolute Gasteiger partial charge is 0.416 e. The van der Waals surface area contributed by atoms with E-state index in [2.05, 4.69) is 27.6 Å². The Hall–Kier alpha value is -1.07. The van der Waals surface area contributed by atoms with E-state index in [1.54, 1.807) is 6.07 Å². The van der Waals surface area contributed by atoms with E-state index in [9.17, 15) is 13.2 Å². The van der Waals surface area contributed by atoms with E-state index < -0.39 is 11.7 Å². The number of hydrogen-bond acceptors (Lipinski definition) is 3. The Morgan fingerprint density at radius 1 is 1.34 bits per heavy atom. The number of aliphatic imine (C=N–C) groups is 1. The van der Waals surface area contributed by atoms with Crippen LogP contribution in [0, 0.1) is 0 Å². The van der Waals surface area contributed by atoms with Crippen LogP contribution in [-0.4, -0.2) is 63.3 Å². The number of hydrogen-bond donors (Lipinski definition) is 2. The standard InChI is InChI=1S/C20H31F3N4O.HI/c1-4-24-19(26-13-18-14-27(3)10-11-28-18)25-9-8-15(2)16-6-5-7-17(12-16)20(21,22)23;/h5-7,12,15,18H,4,8-11,13-14H2,1-3H3,(H2,24,25,26);1H. The molecular formula is C20H32F3IN4O. The summed E-state index contributed by atoms with van der Waals surface area (Å²) < 4.78 is 44.4. The molecule has 1 fully saturated rings. The molecule has 0 radical (unpaired) electrons. The van der Waals surface area contributed by atoms with Crippen molar-refractivity contribution in [3.05, 3.63) is 35.4 Å². The molecule has 0 spiro atoms. The fourth-order valence-electron chi connectivity index (χ4n) is 3.11. The third kappa shape index (κ3) is 9.08. The molecule has 1 aromatic carbocycles. The van der Waals surface area contributed by atoms with E-state index in [0.29, 0.717) is 31.0 Å². The Morgan fingerprint density at radius 3 is 2.76 bits per heavy atom. The summed E-state index contributed by atoms with van der Waals surface area (Å²) in [5.74, 6) is 0.712. The van der Waals surface area contributed by atoms with Gasteiger partial charge in [0.2, 0.25) is 0 Å². The maximum atomic E-state index is 12.9. The Bertz CT molecular complexity index is 642. The van der Waals surface area contributed by atoms with Crippen molar-refractivity contribution in [2.45, 2.75) is 38.5 Å². The summed E-state index contributed by atoms with van der Waals surface area (Å²) >= 11 is 0. The number of ether oxygens (including phenoxy) is 1. The normalized spacial score (nSPS) is 19.4. The minimum Gasteiger partial charge on any atom is -0.374 e. The lowest BCUT2D eigenvalue weighted by Gasteiger charge is -2.29. The number of morpholine rings is 1. The van der Waals surface area contributed by atoms with Crippen LogP contribution in [0.1, 0.15) is 37.3 Å². The van der Waals surface area contributed by atoms with Crippen LogP contribution >= 0.6 is 24.0 Å². The minimum atomic E-state index is -4.31. The summed E-state index contributed by atoms with van der Waals surface area (Å²) in [7, 11) is 2.07. The Kier molecular flexibility index (Phi) is 11.3. The van der Waals surface area contributed by atoms with Crippen LogP contribution in [0.4, 0.5) is 13.2 Å². The third-order valence-electron chi connectivity index (χ3n) is 4.79. The molecule has 0 saturated carbocycles. The Morgan fingerprint density at radius 2 is 2.10 bits per heavy atom. The summed E-state index contributed by atoms with van der Waals surface area (Å²) in [6, 6.07) is 5.56. The first kappa shape index (κ1) is 26.0. The second-order valence-corrected chi connectivity index (χ2v) is 7.21. The van der Waals surface area contributed by atoms with Gasteiger partial charge in [-0.25, -0.2) is 0 Å². The van der Waals surface area contributed by atoms with Gasteiger partial charge in [-0.05, 0) is 37.9 Å². The highest BCUT2D eigenvalue weighted by atomic mass is 127. The number of rotatable bonds is 7. The van der Waals surface area contributed by atoms with E-state index in [4.69, 9.17) is 4.74 Å². The molecule has 1 aliphatic rings. The van der Waals surface area contributed by atoms with Gasteiger partial charge in [-0.3, -0.25) is 4.99 Å². The second-order valence-electron chi connectivity index (χ2n) is 7.21. The van der Waals surface area contributed by atoms with Gasteiger partial charge in [-0.1, -0.05) is 25.1 Å². The fraction of sp³-hybridized carbons (Fsp3) is 0.650. The summed E-state index contributed by atoms with van der Waals surface area (Å²) in [5.41, 5.74) is 0.0920. The minimum absolute atomic E-state index is 0. The van der Waals surface area contributed by atoms with Gasteiger partial charge in [0, 0.05) is 26.2 Å². The molecule has 0 aliphatic carbocycles.